The van der Waals surface area contributed by atoms with Crippen molar-refractivity contribution in [2.45, 2.75) is 0 Å². The second-order valence-electron chi connectivity index (χ2n) is 7.31. The Balaban J connectivity index is 2.02. The fourth-order valence-electron chi connectivity index (χ4n) is 3.14. The van der Waals surface area contributed by atoms with Crippen molar-refractivity contribution in [3.63, 3.8) is 0 Å². The first-order chi connectivity index (χ1) is 17.6. The second kappa shape index (κ2) is 11.6. The lowest BCUT2D eigenvalue weighted by atomic mass is 10.1. The molecule has 0 fully saturated rings. The maximum atomic E-state index is 13.2. The zero-order chi connectivity index (χ0) is 27.1. The lowest BCUT2D eigenvalue weighted by Crippen LogP contribution is -2.31. The molecule has 0 atom stereocenters. The summed E-state index contributed by atoms with van der Waals surface area (Å²) in [6.07, 6.45) is 1.21. The molecule has 190 valence electrons. The summed E-state index contributed by atoms with van der Waals surface area (Å²) >= 11 is 6.07. The highest BCUT2D eigenvalue weighted by Gasteiger charge is 2.21. The van der Waals surface area contributed by atoms with Gasteiger partial charge in [-0.05, 0) is 29.8 Å². The van der Waals surface area contributed by atoms with E-state index in [0.29, 0.717) is 5.75 Å². The topological polar surface area (TPSA) is 163 Å². The predicted molar refractivity (Wildman–Crippen MR) is 135 cm³/mol. The fraction of sp³-hybridized carbons (Fsp3) is 0.0833. The molecular weight excluding hydrogens is 508 g/mol. The van der Waals surface area contributed by atoms with Crippen LogP contribution in [0.3, 0.4) is 0 Å². The van der Waals surface area contributed by atoms with Crippen molar-refractivity contribution in [3.8, 4) is 11.5 Å². The van der Waals surface area contributed by atoms with Gasteiger partial charge in [0, 0.05) is 30.3 Å². The monoisotopic (exact) mass is 526 g/mol. The number of methoxy groups -OCH3 is 2. The molecule has 0 radical (unpaired) electrons. The number of hydrogen-bond acceptors (Lipinski definition) is 8. The number of carbonyl (C=O) groups excluding carboxylic acids is 2. The highest BCUT2D eigenvalue weighted by molar-refractivity contribution is 6.34. The summed E-state index contributed by atoms with van der Waals surface area (Å²) in [5.74, 6) is -1.00. The van der Waals surface area contributed by atoms with Crippen molar-refractivity contribution in [2.75, 3.05) is 19.5 Å². The number of amides is 2. The number of non-ortho nitro benzene ring substituents is 2. The van der Waals surface area contributed by atoms with Gasteiger partial charge in [-0.2, -0.15) is 0 Å². The van der Waals surface area contributed by atoms with E-state index in [-0.39, 0.29) is 44.7 Å². The Labute approximate surface area is 214 Å². The van der Waals surface area contributed by atoms with E-state index in [1.54, 1.807) is 6.07 Å². The van der Waals surface area contributed by atoms with Gasteiger partial charge < -0.3 is 20.1 Å². The number of nitro benzene ring substituents is 2. The Kier molecular flexibility index (Phi) is 8.38. The number of halogens is 1. The van der Waals surface area contributed by atoms with E-state index in [4.69, 9.17) is 21.1 Å². The van der Waals surface area contributed by atoms with Crippen LogP contribution in [0.2, 0.25) is 5.02 Å². The number of nitrogens with one attached hydrogen (secondary N) is 2. The molecule has 0 aliphatic heterocycles. The molecule has 0 bridgehead atoms. The Morgan fingerprint density at radius 1 is 0.919 bits per heavy atom. The van der Waals surface area contributed by atoms with Crippen LogP contribution in [0, 0.1) is 20.2 Å². The van der Waals surface area contributed by atoms with E-state index in [2.05, 4.69) is 10.6 Å². The molecule has 0 aliphatic carbocycles. The summed E-state index contributed by atoms with van der Waals surface area (Å²) in [5, 5.41) is 27.2. The summed E-state index contributed by atoms with van der Waals surface area (Å²) in [6.45, 7) is 0. The minimum Gasteiger partial charge on any atom is -0.497 e. The molecule has 0 saturated heterocycles. The number of benzene rings is 3. The Bertz CT molecular complexity index is 1420. The van der Waals surface area contributed by atoms with Gasteiger partial charge in [-0.25, -0.2) is 0 Å². The number of nitro groups is 2. The molecule has 0 spiro atoms. The van der Waals surface area contributed by atoms with Crippen molar-refractivity contribution < 1.29 is 28.9 Å². The van der Waals surface area contributed by atoms with E-state index in [1.807, 2.05) is 0 Å². The summed E-state index contributed by atoms with van der Waals surface area (Å²) in [6, 6.07) is 13.3. The van der Waals surface area contributed by atoms with Crippen LogP contribution in [0.1, 0.15) is 15.9 Å². The first-order valence-electron chi connectivity index (χ1n) is 10.4. The van der Waals surface area contributed by atoms with Crippen LogP contribution in [-0.2, 0) is 4.79 Å². The van der Waals surface area contributed by atoms with E-state index in [9.17, 15) is 29.8 Å². The molecule has 0 aromatic heterocycles. The predicted octanol–water partition coefficient (Wildman–Crippen LogP) is 4.58. The van der Waals surface area contributed by atoms with Crippen molar-refractivity contribution in [2.24, 2.45) is 0 Å². The number of ether oxygens (including phenoxy) is 2. The van der Waals surface area contributed by atoms with Gasteiger partial charge in [0.1, 0.15) is 17.2 Å². The normalized spacial score (nSPS) is 10.8. The Hall–Kier alpha value is -4.97. The van der Waals surface area contributed by atoms with E-state index in [1.165, 1.54) is 62.8 Å². The molecule has 3 rings (SSSR count). The van der Waals surface area contributed by atoms with Crippen molar-refractivity contribution in [1.29, 1.82) is 0 Å². The largest absolute Gasteiger partial charge is 0.497 e. The Morgan fingerprint density at radius 2 is 1.62 bits per heavy atom. The molecular formula is C24H19ClN4O8. The average molecular weight is 527 g/mol. The van der Waals surface area contributed by atoms with Crippen LogP contribution < -0.4 is 20.1 Å². The fourth-order valence-corrected chi connectivity index (χ4v) is 3.34. The highest BCUT2D eigenvalue weighted by Crippen LogP contribution is 2.29. The molecule has 2 N–H and O–H groups in total. The standard InChI is InChI=1S/C24H19ClN4O8/c1-36-17-7-9-20(22(13-17)37-2)26-24(31)21(11-14-4-3-5-15(10-14)28(32)33)27-23(30)18-12-16(29(34)35)6-8-19(18)25/h3-13H,1-2H3,(H,26,31)(H,27,30)/b21-11-. The molecule has 0 saturated carbocycles. The SMILES string of the molecule is COc1ccc(NC(=O)/C(=C/c2cccc([N+](=O)[O-])c2)NC(=O)c2cc([N+](=O)[O-])ccc2Cl)c(OC)c1. The number of carbonyl (C=O) groups is 2. The smallest absolute Gasteiger partial charge is 0.272 e. The molecule has 0 heterocycles. The number of nitrogens with zero attached hydrogens (tertiary/aromatic N) is 2. The van der Waals surface area contributed by atoms with Gasteiger partial charge in [0.05, 0.1) is 40.3 Å². The van der Waals surface area contributed by atoms with Crippen LogP contribution in [-0.4, -0.2) is 35.9 Å². The van der Waals surface area contributed by atoms with Gasteiger partial charge >= 0.3 is 0 Å². The molecule has 37 heavy (non-hydrogen) atoms. The van der Waals surface area contributed by atoms with Crippen LogP contribution in [0.4, 0.5) is 17.1 Å². The number of anilines is 1. The van der Waals surface area contributed by atoms with Crippen LogP contribution in [0.15, 0.2) is 66.4 Å². The van der Waals surface area contributed by atoms with Gasteiger partial charge in [0.25, 0.3) is 23.2 Å². The molecule has 13 heteroatoms. The number of hydrogen-bond donors (Lipinski definition) is 2. The van der Waals surface area contributed by atoms with Crippen molar-refractivity contribution >= 4 is 46.6 Å². The first-order valence-corrected chi connectivity index (χ1v) is 10.8. The van der Waals surface area contributed by atoms with Crippen LogP contribution >= 0.6 is 11.6 Å². The van der Waals surface area contributed by atoms with Gasteiger partial charge in [-0.3, -0.25) is 29.8 Å². The van der Waals surface area contributed by atoms with E-state index in [0.717, 1.165) is 12.1 Å². The van der Waals surface area contributed by atoms with Crippen molar-refractivity contribution in [3.05, 3.63) is 103 Å². The minimum absolute atomic E-state index is 0.0879. The highest BCUT2D eigenvalue weighted by atomic mass is 35.5. The maximum absolute atomic E-state index is 13.2. The molecule has 3 aromatic rings. The second-order valence-corrected chi connectivity index (χ2v) is 7.71. The number of rotatable bonds is 9. The molecule has 12 nitrogen and oxygen atoms in total. The summed E-state index contributed by atoms with van der Waals surface area (Å²) in [7, 11) is 2.85. The van der Waals surface area contributed by atoms with Gasteiger partial charge in [0.2, 0.25) is 0 Å². The maximum Gasteiger partial charge on any atom is 0.272 e. The quantitative estimate of drug-likeness (QED) is 0.232. The zero-order valence-corrected chi connectivity index (χ0v) is 20.1. The third-order valence-electron chi connectivity index (χ3n) is 4.95. The third-order valence-corrected chi connectivity index (χ3v) is 5.28. The summed E-state index contributed by atoms with van der Waals surface area (Å²) < 4.78 is 10.4. The molecule has 3 aromatic carbocycles. The molecule has 2 amide bonds. The first kappa shape index (κ1) is 26.6. The van der Waals surface area contributed by atoms with Crippen LogP contribution in [0.5, 0.6) is 11.5 Å². The van der Waals surface area contributed by atoms with Gasteiger partial charge in [0.15, 0.2) is 0 Å². The summed E-state index contributed by atoms with van der Waals surface area (Å²) in [4.78, 5) is 47.2. The van der Waals surface area contributed by atoms with E-state index < -0.39 is 21.7 Å². The average Bonchev–Trinajstić information content (AvgIpc) is 2.88. The molecule has 0 unspecified atom stereocenters. The Morgan fingerprint density at radius 3 is 2.27 bits per heavy atom. The zero-order valence-electron chi connectivity index (χ0n) is 19.4. The minimum atomic E-state index is -0.915. The molecule has 0 aliphatic rings. The third kappa shape index (κ3) is 6.58. The van der Waals surface area contributed by atoms with Gasteiger partial charge in [-0.15, -0.1) is 0 Å². The van der Waals surface area contributed by atoms with Gasteiger partial charge in [-0.1, -0.05) is 23.7 Å². The summed E-state index contributed by atoms with van der Waals surface area (Å²) in [5.41, 5.74) is -0.737. The lowest BCUT2D eigenvalue weighted by molar-refractivity contribution is -0.385. The lowest BCUT2D eigenvalue weighted by Gasteiger charge is -2.14. The van der Waals surface area contributed by atoms with Crippen LogP contribution in [0.25, 0.3) is 6.08 Å². The van der Waals surface area contributed by atoms with Crippen molar-refractivity contribution in [1.82, 2.24) is 5.32 Å². The van der Waals surface area contributed by atoms with E-state index >= 15 is 0 Å².